The molecule has 1 aliphatic carbocycles. The normalized spacial score (nSPS) is 21.2. The minimum Gasteiger partial charge on any atom is -0.497 e. The highest BCUT2D eigenvalue weighted by Gasteiger charge is 2.21. The molecule has 3 rings (SSSR count). The Kier molecular flexibility index (Phi) is 4.97. The quantitative estimate of drug-likeness (QED) is 0.881. The molecule has 1 N–H and O–H groups in total. The van der Waals surface area contributed by atoms with Gasteiger partial charge in [-0.1, -0.05) is 24.3 Å². The Morgan fingerprint density at radius 3 is 2.30 bits per heavy atom. The van der Waals surface area contributed by atoms with Crippen LogP contribution >= 0.6 is 0 Å². The molecule has 0 radical (unpaired) electrons. The van der Waals surface area contributed by atoms with Gasteiger partial charge in [0, 0.05) is 18.2 Å². The molecule has 1 saturated carbocycles. The third kappa shape index (κ3) is 3.56. The van der Waals surface area contributed by atoms with Crippen molar-refractivity contribution in [3.63, 3.8) is 0 Å². The summed E-state index contributed by atoms with van der Waals surface area (Å²) in [5.74, 6) is 1.30. The lowest BCUT2D eigenvalue weighted by Crippen LogP contribution is -2.16. The summed E-state index contributed by atoms with van der Waals surface area (Å²) in [7, 11) is 1.54. The van der Waals surface area contributed by atoms with E-state index in [-0.39, 0.29) is 5.82 Å². The van der Waals surface area contributed by atoms with Crippen molar-refractivity contribution in [2.75, 3.05) is 13.7 Å². The van der Waals surface area contributed by atoms with Gasteiger partial charge in [-0.15, -0.1) is 0 Å². The van der Waals surface area contributed by atoms with Crippen LogP contribution in [0.15, 0.2) is 42.5 Å². The van der Waals surface area contributed by atoms with Crippen LogP contribution in [0, 0.1) is 11.7 Å². The summed E-state index contributed by atoms with van der Waals surface area (Å²) in [6, 6.07) is 13.2. The number of aliphatic hydroxyl groups excluding tert-OH is 1. The number of hydrogen-bond donors (Lipinski definition) is 1. The molecular weight excluding hydrogens is 291 g/mol. The van der Waals surface area contributed by atoms with E-state index in [2.05, 4.69) is 12.1 Å². The summed E-state index contributed by atoms with van der Waals surface area (Å²) in [6.45, 7) is 0.308. The molecule has 0 unspecified atom stereocenters. The van der Waals surface area contributed by atoms with Crippen LogP contribution in [-0.2, 0) is 0 Å². The van der Waals surface area contributed by atoms with Gasteiger partial charge >= 0.3 is 0 Å². The summed E-state index contributed by atoms with van der Waals surface area (Å²) >= 11 is 0. The molecule has 0 atom stereocenters. The maximum Gasteiger partial charge on any atom is 0.134 e. The van der Waals surface area contributed by atoms with Crippen LogP contribution in [0.2, 0.25) is 0 Å². The van der Waals surface area contributed by atoms with Crippen molar-refractivity contribution < 1.29 is 14.2 Å². The van der Waals surface area contributed by atoms with Crippen LogP contribution in [0.4, 0.5) is 4.39 Å². The first-order valence-corrected chi connectivity index (χ1v) is 8.26. The van der Waals surface area contributed by atoms with Gasteiger partial charge in [0.2, 0.25) is 0 Å². The molecule has 0 heterocycles. The van der Waals surface area contributed by atoms with E-state index in [9.17, 15) is 9.50 Å². The minimum absolute atomic E-state index is 0.263. The molecule has 0 spiro atoms. The van der Waals surface area contributed by atoms with Gasteiger partial charge in [0.1, 0.15) is 11.6 Å². The molecule has 2 aromatic carbocycles. The fraction of sp³-hybridized carbons (Fsp3) is 0.400. The van der Waals surface area contributed by atoms with E-state index >= 15 is 0 Å². The summed E-state index contributed by atoms with van der Waals surface area (Å²) in [5.41, 5.74) is 2.80. The largest absolute Gasteiger partial charge is 0.497 e. The van der Waals surface area contributed by atoms with Crippen molar-refractivity contribution in [3.8, 4) is 16.9 Å². The van der Waals surface area contributed by atoms with Crippen LogP contribution in [0.1, 0.15) is 37.2 Å². The average molecular weight is 314 g/mol. The van der Waals surface area contributed by atoms with Gasteiger partial charge in [-0.05, 0) is 60.8 Å². The van der Waals surface area contributed by atoms with Crippen LogP contribution < -0.4 is 4.74 Å². The predicted octanol–water partition coefficient (Wildman–Crippen LogP) is 4.77. The van der Waals surface area contributed by atoms with E-state index < -0.39 is 0 Å². The van der Waals surface area contributed by atoms with Gasteiger partial charge < -0.3 is 9.84 Å². The van der Waals surface area contributed by atoms with Crippen molar-refractivity contribution in [2.24, 2.45) is 5.92 Å². The van der Waals surface area contributed by atoms with Crippen molar-refractivity contribution >= 4 is 0 Å². The fourth-order valence-electron chi connectivity index (χ4n) is 3.47. The topological polar surface area (TPSA) is 29.5 Å². The summed E-state index contributed by atoms with van der Waals surface area (Å²) in [4.78, 5) is 0. The lowest BCUT2D eigenvalue weighted by molar-refractivity contribution is 0.182. The number of ether oxygens (including phenoxy) is 1. The molecule has 122 valence electrons. The van der Waals surface area contributed by atoms with Crippen molar-refractivity contribution in [2.45, 2.75) is 31.6 Å². The van der Waals surface area contributed by atoms with Crippen LogP contribution in [0.5, 0.6) is 5.75 Å². The van der Waals surface area contributed by atoms with Gasteiger partial charge in [0.15, 0.2) is 0 Å². The Morgan fingerprint density at radius 2 is 1.74 bits per heavy atom. The van der Waals surface area contributed by atoms with Gasteiger partial charge in [-0.25, -0.2) is 4.39 Å². The number of hydrogen-bond acceptors (Lipinski definition) is 2. The first kappa shape index (κ1) is 16.0. The molecule has 0 bridgehead atoms. The fourth-order valence-corrected chi connectivity index (χ4v) is 3.47. The van der Waals surface area contributed by atoms with E-state index in [1.807, 2.05) is 12.1 Å². The highest BCUT2D eigenvalue weighted by Crippen LogP contribution is 2.36. The Balaban J connectivity index is 1.75. The van der Waals surface area contributed by atoms with Gasteiger partial charge in [-0.3, -0.25) is 0 Å². The van der Waals surface area contributed by atoms with Crippen molar-refractivity contribution in [1.29, 1.82) is 0 Å². The van der Waals surface area contributed by atoms with E-state index in [0.717, 1.165) is 31.2 Å². The first-order chi connectivity index (χ1) is 11.2. The number of aliphatic hydroxyl groups is 1. The van der Waals surface area contributed by atoms with E-state index in [4.69, 9.17) is 4.74 Å². The van der Waals surface area contributed by atoms with E-state index in [1.165, 1.54) is 18.7 Å². The zero-order valence-corrected chi connectivity index (χ0v) is 13.5. The molecule has 3 heteroatoms. The maximum absolute atomic E-state index is 14.2. The number of benzene rings is 2. The van der Waals surface area contributed by atoms with Gasteiger partial charge in [0.25, 0.3) is 0 Å². The molecule has 2 nitrogen and oxygen atoms in total. The summed E-state index contributed by atoms with van der Waals surface area (Å²) < 4.78 is 19.2. The zero-order valence-electron chi connectivity index (χ0n) is 13.5. The molecule has 1 aliphatic rings. The molecule has 0 saturated heterocycles. The first-order valence-electron chi connectivity index (χ1n) is 8.26. The summed E-state index contributed by atoms with van der Waals surface area (Å²) in [5, 5.41) is 9.23. The molecule has 0 aliphatic heterocycles. The van der Waals surface area contributed by atoms with Gasteiger partial charge in [0.05, 0.1) is 7.11 Å². The van der Waals surface area contributed by atoms with Gasteiger partial charge in [-0.2, -0.15) is 0 Å². The smallest absolute Gasteiger partial charge is 0.134 e. The second-order valence-corrected chi connectivity index (χ2v) is 6.37. The highest BCUT2D eigenvalue weighted by atomic mass is 19.1. The average Bonchev–Trinajstić information content (AvgIpc) is 2.62. The minimum atomic E-state index is -0.263. The van der Waals surface area contributed by atoms with Crippen LogP contribution in [0.25, 0.3) is 11.1 Å². The predicted molar refractivity (Wildman–Crippen MR) is 90.2 cm³/mol. The Bertz CT molecular complexity index is 643. The number of methoxy groups -OCH3 is 1. The lowest BCUT2D eigenvalue weighted by atomic mass is 9.79. The van der Waals surface area contributed by atoms with E-state index in [0.29, 0.717) is 29.8 Å². The second kappa shape index (κ2) is 7.14. The van der Waals surface area contributed by atoms with Crippen molar-refractivity contribution in [1.82, 2.24) is 0 Å². The maximum atomic E-state index is 14.2. The molecule has 2 aromatic rings. The molecule has 23 heavy (non-hydrogen) atoms. The Morgan fingerprint density at radius 1 is 1.04 bits per heavy atom. The second-order valence-electron chi connectivity index (χ2n) is 6.37. The highest BCUT2D eigenvalue weighted by molar-refractivity contribution is 5.65. The third-order valence-corrected chi connectivity index (χ3v) is 4.97. The molecule has 0 aromatic heterocycles. The van der Waals surface area contributed by atoms with Crippen LogP contribution in [-0.4, -0.2) is 18.8 Å². The van der Waals surface area contributed by atoms with Crippen molar-refractivity contribution in [3.05, 3.63) is 53.8 Å². The number of halogens is 1. The Labute approximate surface area is 136 Å². The molecular formula is C20H23FO2. The van der Waals surface area contributed by atoms with E-state index in [1.54, 1.807) is 12.1 Å². The third-order valence-electron chi connectivity index (χ3n) is 4.97. The molecule has 0 amide bonds. The number of rotatable bonds is 4. The Hall–Kier alpha value is -1.87. The summed E-state index contributed by atoms with van der Waals surface area (Å²) in [6.07, 6.45) is 4.44. The van der Waals surface area contributed by atoms with Crippen LogP contribution in [0.3, 0.4) is 0 Å². The monoisotopic (exact) mass is 314 g/mol. The zero-order chi connectivity index (χ0) is 16.2. The molecule has 1 fully saturated rings. The standard InChI is InChI=1S/C20H23FO2/c1-23-18-10-11-19(20(21)12-18)17-8-6-16(7-9-17)15-4-2-14(13-22)3-5-15/h6-12,14-15,22H,2-5,13H2,1H3. The lowest BCUT2D eigenvalue weighted by Gasteiger charge is -2.27. The SMILES string of the molecule is COc1ccc(-c2ccc(C3CCC(CO)CC3)cc2)c(F)c1.